The van der Waals surface area contributed by atoms with Crippen LogP contribution >= 0.6 is 11.3 Å². The van der Waals surface area contributed by atoms with Gasteiger partial charge in [-0.05, 0) is 43.9 Å². The number of pyridine rings is 1. The number of halogens is 3. The Hall–Kier alpha value is -2.16. The number of carbonyl (C=O) groups is 2. The van der Waals surface area contributed by atoms with E-state index in [4.69, 9.17) is 0 Å². The zero-order valence-electron chi connectivity index (χ0n) is 17.8. The fourth-order valence-corrected chi connectivity index (χ4v) is 5.04. The van der Waals surface area contributed by atoms with Gasteiger partial charge in [0.05, 0.1) is 10.8 Å². The fourth-order valence-electron chi connectivity index (χ4n) is 3.89. The zero-order chi connectivity index (χ0) is 22.6. The number of unbranched alkanes of at least 4 members (excludes halogenated alkanes) is 3. The Bertz CT molecular complexity index is 942. The number of amides is 2. The lowest BCUT2D eigenvalue weighted by Crippen LogP contribution is -2.45. The van der Waals surface area contributed by atoms with Crippen LogP contribution in [0.25, 0.3) is 10.2 Å². The van der Waals surface area contributed by atoms with E-state index >= 15 is 0 Å². The smallest absolute Gasteiger partial charge is 0.356 e. The Morgan fingerprint density at radius 2 is 2.03 bits per heavy atom. The van der Waals surface area contributed by atoms with Crippen molar-refractivity contribution in [2.45, 2.75) is 58.5 Å². The highest BCUT2D eigenvalue weighted by Gasteiger charge is 2.34. The minimum Gasteiger partial charge on any atom is -0.356 e. The van der Waals surface area contributed by atoms with Crippen LogP contribution in [0, 0.1) is 12.8 Å². The van der Waals surface area contributed by atoms with Crippen molar-refractivity contribution in [1.29, 1.82) is 0 Å². The number of thiophene rings is 1. The number of piperidine rings is 1. The van der Waals surface area contributed by atoms with Crippen LogP contribution in [-0.4, -0.2) is 41.3 Å². The van der Waals surface area contributed by atoms with E-state index < -0.39 is 11.9 Å². The normalized spacial score (nSPS) is 17.2. The highest BCUT2D eigenvalue weighted by Crippen LogP contribution is 2.35. The maximum Gasteiger partial charge on any atom is 0.433 e. The molecule has 1 atom stereocenters. The summed E-state index contributed by atoms with van der Waals surface area (Å²) >= 11 is 0.984. The van der Waals surface area contributed by atoms with Gasteiger partial charge in [0.15, 0.2) is 0 Å². The number of likely N-dealkylation sites (tertiary alicyclic amines) is 1. The molecule has 1 fully saturated rings. The quantitative estimate of drug-likeness (QED) is 0.586. The van der Waals surface area contributed by atoms with E-state index in [1.165, 1.54) is 6.07 Å². The molecular weight excluding hydrogens is 427 g/mol. The highest BCUT2D eigenvalue weighted by molar-refractivity contribution is 7.20. The molecule has 0 radical (unpaired) electrons. The summed E-state index contributed by atoms with van der Waals surface area (Å²) in [7, 11) is 0. The van der Waals surface area contributed by atoms with Crippen LogP contribution in [0.5, 0.6) is 0 Å². The van der Waals surface area contributed by atoms with Crippen molar-refractivity contribution >= 4 is 33.4 Å². The van der Waals surface area contributed by atoms with Gasteiger partial charge in [0.2, 0.25) is 5.91 Å². The van der Waals surface area contributed by atoms with E-state index in [0.29, 0.717) is 35.5 Å². The van der Waals surface area contributed by atoms with Gasteiger partial charge in [-0.3, -0.25) is 9.59 Å². The van der Waals surface area contributed by atoms with Crippen molar-refractivity contribution in [1.82, 2.24) is 15.2 Å². The van der Waals surface area contributed by atoms with Crippen molar-refractivity contribution in [3.05, 3.63) is 28.3 Å². The van der Waals surface area contributed by atoms with Crippen LogP contribution in [0.2, 0.25) is 0 Å². The van der Waals surface area contributed by atoms with Crippen molar-refractivity contribution in [2.75, 3.05) is 19.6 Å². The molecule has 31 heavy (non-hydrogen) atoms. The average Bonchev–Trinajstić information content (AvgIpc) is 3.08. The molecule has 1 aliphatic rings. The van der Waals surface area contributed by atoms with Crippen LogP contribution in [-0.2, 0) is 11.0 Å². The van der Waals surface area contributed by atoms with Gasteiger partial charge >= 0.3 is 6.18 Å². The van der Waals surface area contributed by atoms with E-state index in [2.05, 4.69) is 17.2 Å². The summed E-state index contributed by atoms with van der Waals surface area (Å²) in [6, 6.07) is 2.32. The summed E-state index contributed by atoms with van der Waals surface area (Å²) in [6.07, 6.45) is 1.24. The first-order valence-electron chi connectivity index (χ1n) is 10.8. The van der Waals surface area contributed by atoms with Gasteiger partial charge in [0.1, 0.15) is 10.5 Å². The maximum atomic E-state index is 13.1. The second-order valence-electron chi connectivity index (χ2n) is 8.05. The van der Waals surface area contributed by atoms with E-state index in [1.807, 2.05) is 0 Å². The molecule has 170 valence electrons. The van der Waals surface area contributed by atoms with Crippen molar-refractivity contribution in [3.63, 3.8) is 0 Å². The largest absolute Gasteiger partial charge is 0.433 e. The molecule has 1 N–H and O–H groups in total. The number of hydrogen-bond donors (Lipinski definition) is 1. The third-order valence-electron chi connectivity index (χ3n) is 5.70. The molecule has 2 aromatic rings. The molecule has 3 heterocycles. The minimum atomic E-state index is -4.53. The predicted octanol–water partition coefficient (Wildman–Crippen LogP) is 5.17. The Morgan fingerprint density at radius 3 is 2.74 bits per heavy atom. The topological polar surface area (TPSA) is 62.3 Å². The van der Waals surface area contributed by atoms with Crippen LogP contribution in [0.15, 0.2) is 12.1 Å². The standard InChI is InChI=1S/C22H28F3N3O2S/c1-3-4-5-6-11-26-19(29)15-8-7-12-28(13-15)21(30)18-14(2)16-9-10-17(22(23,24)25)27-20(16)31-18/h9-10,15H,3-8,11-13H2,1-2H3,(H,26,29). The molecule has 9 heteroatoms. The molecule has 2 amide bonds. The lowest BCUT2D eigenvalue weighted by molar-refractivity contribution is -0.141. The number of carbonyl (C=O) groups excluding carboxylic acids is 2. The molecule has 5 nitrogen and oxygen atoms in total. The molecule has 0 saturated carbocycles. The number of aryl methyl sites for hydroxylation is 1. The van der Waals surface area contributed by atoms with Crippen molar-refractivity contribution in [3.8, 4) is 0 Å². The molecule has 0 bridgehead atoms. The summed E-state index contributed by atoms with van der Waals surface area (Å²) in [5, 5.41) is 3.53. The van der Waals surface area contributed by atoms with Gasteiger partial charge in [-0.2, -0.15) is 13.2 Å². The third kappa shape index (κ3) is 5.56. The Morgan fingerprint density at radius 1 is 1.26 bits per heavy atom. The number of rotatable bonds is 7. The lowest BCUT2D eigenvalue weighted by Gasteiger charge is -2.32. The number of hydrogen-bond acceptors (Lipinski definition) is 4. The summed E-state index contributed by atoms with van der Waals surface area (Å²) in [4.78, 5) is 31.6. The van der Waals surface area contributed by atoms with Crippen LogP contribution in [0.3, 0.4) is 0 Å². The first-order chi connectivity index (χ1) is 14.7. The Labute approximate surface area is 184 Å². The van der Waals surface area contributed by atoms with E-state index in [1.54, 1.807) is 11.8 Å². The van der Waals surface area contributed by atoms with Gasteiger partial charge < -0.3 is 10.2 Å². The van der Waals surface area contributed by atoms with Crippen LogP contribution in [0.4, 0.5) is 13.2 Å². The van der Waals surface area contributed by atoms with E-state index in [9.17, 15) is 22.8 Å². The predicted molar refractivity (Wildman–Crippen MR) is 115 cm³/mol. The summed E-state index contributed by atoms with van der Waals surface area (Å²) in [5.74, 6) is -0.526. The molecule has 0 aromatic carbocycles. The first kappa shape index (κ1) is 23.5. The molecular formula is C22H28F3N3O2S. The summed E-state index contributed by atoms with van der Waals surface area (Å²) < 4.78 is 38.9. The second-order valence-corrected chi connectivity index (χ2v) is 9.04. The molecule has 2 aromatic heterocycles. The number of fused-ring (bicyclic) bond motifs is 1. The van der Waals surface area contributed by atoms with Gasteiger partial charge in [-0.25, -0.2) is 4.98 Å². The van der Waals surface area contributed by atoms with Crippen LogP contribution in [0.1, 0.15) is 66.4 Å². The zero-order valence-corrected chi connectivity index (χ0v) is 18.7. The molecule has 3 rings (SSSR count). The molecule has 1 saturated heterocycles. The maximum absolute atomic E-state index is 13.1. The van der Waals surface area contributed by atoms with Crippen molar-refractivity contribution < 1.29 is 22.8 Å². The fraction of sp³-hybridized carbons (Fsp3) is 0.591. The Balaban J connectivity index is 1.68. The van der Waals surface area contributed by atoms with Gasteiger partial charge in [0, 0.05) is 25.0 Å². The monoisotopic (exact) mass is 455 g/mol. The molecule has 0 aliphatic carbocycles. The number of nitrogens with one attached hydrogen (secondary N) is 1. The second kappa shape index (κ2) is 9.97. The Kier molecular flexibility index (Phi) is 7.56. The summed E-state index contributed by atoms with van der Waals surface area (Å²) in [6.45, 7) is 5.37. The highest BCUT2D eigenvalue weighted by atomic mass is 32.1. The molecule has 0 spiro atoms. The first-order valence-corrected chi connectivity index (χ1v) is 11.6. The summed E-state index contributed by atoms with van der Waals surface area (Å²) in [5.41, 5.74) is -0.331. The third-order valence-corrected chi connectivity index (χ3v) is 6.89. The van der Waals surface area contributed by atoms with E-state index in [0.717, 1.165) is 55.9 Å². The van der Waals surface area contributed by atoms with Gasteiger partial charge in [-0.15, -0.1) is 11.3 Å². The average molecular weight is 456 g/mol. The number of alkyl halides is 3. The minimum absolute atomic E-state index is 0.0291. The van der Waals surface area contributed by atoms with E-state index in [-0.39, 0.29) is 22.6 Å². The van der Waals surface area contributed by atoms with Crippen molar-refractivity contribution in [2.24, 2.45) is 5.92 Å². The molecule has 1 aliphatic heterocycles. The lowest BCUT2D eigenvalue weighted by atomic mass is 9.96. The SMILES string of the molecule is CCCCCCNC(=O)C1CCCN(C(=O)c2sc3nc(C(F)(F)F)ccc3c2C)C1. The number of aromatic nitrogens is 1. The van der Waals surface area contributed by atoms with Gasteiger partial charge in [-0.1, -0.05) is 26.2 Å². The van der Waals surface area contributed by atoms with Crippen LogP contribution < -0.4 is 5.32 Å². The molecule has 1 unspecified atom stereocenters. The van der Waals surface area contributed by atoms with Gasteiger partial charge in [0.25, 0.3) is 5.91 Å². The number of nitrogens with zero attached hydrogens (tertiary/aromatic N) is 2.